The lowest BCUT2D eigenvalue weighted by Gasteiger charge is -2.32. The van der Waals surface area contributed by atoms with Crippen LogP contribution in [0, 0.1) is 17.2 Å². The van der Waals surface area contributed by atoms with E-state index in [0.29, 0.717) is 5.69 Å². The molecule has 1 saturated carbocycles. The minimum Gasteiger partial charge on any atom is -0.326 e. The quantitative estimate of drug-likeness (QED) is 0.698. The number of para-hydroxylation sites is 1. The number of hydrogen-bond acceptors (Lipinski definition) is 4. The van der Waals surface area contributed by atoms with Crippen LogP contribution in [0.15, 0.2) is 48.5 Å². The molecule has 2 aromatic carbocycles. The highest BCUT2D eigenvalue weighted by molar-refractivity contribution is 7.18. The van der Waals surface area contributed by atoms with Gasteiger partial charge in [0.05, 0.1) is 16.8 Å². The molecule has 0 bridgehead atoms. The molecule has 2 heterocycles. The van der Waals surface area contributed by atoms with Crippen LogP contribution < -0.4 is 5.32 Å². The summed E-state index contributed by atoms with van der Waals surface area (Å²) in [4.78, 5) is 19.8. The molecule has 1 aliphatic carbocycles. The van der Waals surface area contributed by atoms with Crippen molar-refractivity contribution in [3.63, 3.8) is 0 Å². The van der Waals surface area contributed by atoms with Gasteiger partial charge in [-0.3, -0.25) is 9.69 Å². The molecular formula is C22H22FN3OS. The number of likely N-dealkylation sites (tertiary alicyclic amines) is 1. The maximum Gasteiger partial charge on any atom is 0.228 e. The summed E-state index contributed by atoms with van der Waals surface area (Å²) in [7, 11) is 0. The summed E-state index contributed by atoms with van der Waals surface area (Å²) in [5, 5.41) is 4.04. The largest absolute Gasteiger partial charge is 0.326 e. The first-order valence-corrected chi connectivity index (χ1v) is 10.6. The third kappa shape index (κ3) is 3.42. The average Bonchev–Trinajstić information content (AvgIpc) is 3.23. The van der Waals surface area contributed by atoms with Crippen LogP contribution in [0.2, 0.25) is 0 Å². The van der Waals surface area contributed by atoms with Gasteiger partial charge in [-0.15, -0.1) is 11.3 Å². The first-order chi connectivity index (χ1) is 13.6. The summed E-state index contributed by atoms with van der Waals surface area (Å²) in [6.07, 6.45) is 3.03. The fourth-order valence-corrected chi connectivity index (χ4v) is 5.41. The fourth-order valence-electron chi connectivity index (χ4n) is 4.40. The van der Waals surface area contributed by atoms with E-state index in [0.717, 1.165) is 49.4 Å². The maximum atomic E-state index is 13.3. The van der Waals surface area contributed by atoms with E-state index in [2.05, 4.69) is 28.4 Å². The lowest BCUT2D eigenvalue weighted by atomic mass is 9.90. The molecule has 1 unspecified atom stereocenters. The third-order valence-electron chi connectivity index (χ3n) is 6.15. The van der Waals surface area contributed by atoms with Crippen molar-refractivity contribution >= 4 is 33.1 Å². The lowest BCUT2D eigenvalue weighted by Crippen LogP contribution is -2.35. The summed E-state index contributed by atoms with van der Waals surface area (Å²) >= 11 is 1.77. The van der Waals surface area contributed by atoms with E-state index >= 15 is 0 Å². The second-order valence-electron chi connectivity index (χ2n) is 7.97. The SMILES string of the molecule is O=C(Nc1cccc(F)c1)C1CC12CCN(Cc1nc3ccccc3s1)CC2. The predicted molar refractivity (Wildman–Crippen MR) is 110 cm³/mol. The minimum absolute atomic E-state index is 0.0326. The molecule has 1 aromatic heterocycles. The Hall–Kier alpha value is -2.31. The Bertz CT molecular complexity index is 992. The van der Waals surface area contributed by atoms with E-state index < -0.39 is 0 Å². The Morgan fingerprint density at radius 2 is 2.04 bits per heavy atom. The molecule has 2 aliphatic rings. The molecule has 0 radical (unpaired) electrons. The molecule has 1 spiro atoms. The molecule has 1 atom stereocenters. The molecule has 1 N–H and O–H groups in total. The number of nitrogens with one attached hydrogen (secondary N) is 1. The van der Waals surface area contributed by atoms with Crippen LogP contribution >= 0.6 is 11.3 Å². The molecule has 4 nitrogen and oxygen atoms in total. The van der Waals surface area contributed by atoms with Crippen molar-refractivity contribution < 1.29 is 9.18 Å². The van der Waals surface area contributed by atoms with Gasteiger partial charge in [-0.1, -0.05) is 18.2 Å². The van der Waals surface area contributed by atoms with Gasteiger partial charge in [0.25, 0.3) is 0 Å². The number of nitrogens with zero attached hydrogens (tertiary/aromatic N) is 2. The number of piperidine rings is 1. The van der Waals surface area contributed by atoms with Crippen LogP contribution in [0.4, 0.5) is 10.1 Å². The Morgan fingerprint density at radius 3 is 2.82 bits per heavy atom. The minimum atomic E-state index is -0.327. The highest BCUT2D eigenvalue weighted by atomic mass is 32.1. The van der Waals surface area contributed by atoms with Gasteiger partial charge < -0.3 is 5.32 Å². The van der Waals surface area contributed by atoms with Gasteiger partial charge in [-0.05, 0) is 68.1 Å². The van der Waals surface area contributed by atoms with E-state index in [1.165, 1.54) is 16.8 Å². The van der Waals surface area contributed by atoms with Crippen molar-refractivity contribution in [3.8, 4) is 0 Å². The van der Waals surface area contributed by atoms with Gasteiger partial charge in [-0.2, -0.15) is 0 Å². The zero-order valence-corrected chi connectivity index (χ0v) is 16.3. The molecule has 3 aromatic rings. The standard InChI is InChI=1S/C22H22FN3OS/c23-15-4-3-5-16(12-15)24-21(27)17-13-22(17)8-10-26(11-9-22)14-20-25-18-6-1-2-7-19(18)28-20/h1-7,12,17H,8-11,13-14H2,(H,24,27). The number of benzene rings is 2. The van der Waals surface area contributed by atoms with Crippen molar-refractivity contribution in [2.24, 2.45) is 11.3 Å². The molecule has 5 rings (SSSR count). The molecule has 2 fully saturated rings. The van der Waals surface area contributed by atoms with Crippen LogP contribution in [-0.2, 0) is 11.3 Å². The second kappa shape index (κ2) is 6.94. The van der Waals surface area contributed by atoms with Gasteiger partial charge in [0, 0.05) is 11.6 Å². The number of anilines is 1. The monoisotopic (exact) mass is 395 g/mol. The van der Waals surface area contributed by atoms with Crippen LogP contribution in [0.1, 0.15) is 24.3 Å². The van der Waals surface area contributed by atoms with Crippen molar-refractivity contribution in [2.75, 3.05) is 18.4 Å². The number of fused-ring (bicyclic) bond motifs is 1. The number of carbonyl (C=O) groups is 1. The summed E-state index contributed by atoms with van der Waals surface area (Å²) < 4.78 is 14.5. The molecule has 144 valence electrons. The number of carbonyl (C=O) groups excluding carboxylic acids is 1. The molecule has 1 saturated heterocycles. The predicted octanol–water partition coefficient (Wildman–Crippen LogP) is 4.68. The number of halogens is 1. The third-order valence-corrected chi connectivity index (χ3v) is 7.17. The van der Waals surface area contributed by atoms with Crippen LogP contribution in [-0.4, -0.2) is 28.9 Å². The van der Waals surface area contributed by atoms with Gasteiger partial charge in [-0.25, -0.2) is 9.37 Å². The first-order valence-electron chi connectivity index (χ1n) is 9.75. The number of thiazole rings is 1. The summed E-state index contributed by atoms with van der Waals surface area (Å²) in [5.41, 5.74) is 1.76. The molecule has 1 aliphatic heterocycles. The molecular weight excluding hydrogens is 373 g/mol. The topological polar surface area (TPSA) is 45.2 Å². The van der Waals surface area contributed by atoms with E-state index in [1.54, 1.807) is 23.5 Å². The Balaban J connectivity index is 1.16. The summed E-state index contributed by atoms with van der Waals surface area (Å²) in [6, 6.07) is 14.4. The van der Waals surface area contributed by atoms with Crippen LogP contribution in [0.5, 0.6) is 0 Å². The van der Waals surface area contributed by atoms with Crippen LogP contribution in [0.3, 0.4) is 0 Å². The maximum absolute atomic E-state index is 13.3. The van der Waals surface area contributed by atoms with Gasteiger partial charge in [0.2, 0.25) is 5.91 Å². The Kier molecular flexibility index (Phi) is 4.40. The highest BCUT2D eigenvalue weighted by Gasteiger charge is 2.58. The number of hydrogen-bond donors (Lipinski definition) is 1. The zero-order chi connectivity index (χ0) is 19.1. The summed E-state index contributed by atoms with van der Waals surface area (Å²) in [6.45, 7) is 2.88. The smallest absolute Gasteiger partial charge is 0.228 e. The Labute approximate surface area is 167 Å². The van der Waals surface area contributed by atoms with Gasteiger partial charge in [0.15, 0.2) is 0 Å². The normalized spacial score (nSPS) is 21.1. The number of amides is 1. The zero-order valence-electron chi connectivity index (χ0n) is 15.5. The van der Waals surface area contributed by atoms with Gasteiger partial charge >= 0.3 is 0 Å². The molecule has 6 heteroatoms. The van der Waals surface area contributed by atoms with Crippen molar-refractivity contribution in [3.05, 3.63) is 59.4 Å². The average molecular weight is 396 g/mol. The van der Waals surface area contributed by atoms with Crippen molar-refractivity contribution in [1.29, 1.82) is 0 Å². The number of rotatable bonds is 4. The van der Waals surface area contributed by atoms with E-state index in [-0.39, 0.29) is 23.1 Å². The van der Waals surface area contributed by atoms with E-state index in [9.17, 15) is 9.18 Å². The van der Waals surface area contributed by atoms with Crippen LogP contribution in [0.25, 0.3) is 10.2 Å². The molecule has 1 amide bonds. The van der Waals surface area contributed by atoms with Crippen molar-refractivity contribution in [1.82, 2.24) is 9.88 Å². The lowest BCUT2D eigenvalue weighted by molar-refractivity contribution is -0.118. The first kappa shape index (κ1) is 17.8. The Morgan fingerprint density at radius 1 is 1.21 bits per heavy atom. The van der Waals surface area contributed by atoms with Gasteiger partial charge in [0.1, 0.15) is 10.8 Å². The second-order valence-corrected chi connectivity index (χ2v) is 9.09. The van der Waals surface area contributed by atoms with E-state index in [4.69, 9.17) is 4.98 Å². The van der Waals surface area contributed by atoms with Crippen molar-refractivity contribution in [2.45, 2.75) is 25.8 Å². The van der Waals surface area contributed by atoms with E-state index in [1.807, 2.05) is 6.07 Å². The highest BCUT2D eigenvalue weighted by Crippen LogP contribution is 2.59. The number of aromatic nitrogens is 1. The molecule has 28 heavy (non-hydrogen) atoms. The summed E-state index contributed by atoms with van der Waals surface area (Å²) in [5.74, 6) is -0.239. The fraction of sp³-hybridized carbons (Fsp3) is 0.364.